The predicted octanol–water partition coefficient (Wildman–Crippen LogP) is 1.35. The zero-order valence-electron chi connectivity index (χ0n) is 18.0. The highest BCUT2D eigenvalue weighted by atomic mass is 32.2. The lowest BCUT2D eigenvalue weighted by Crippen LogP contribution is -2.51. The molecule has 9 heteroatoms. The van der Waals surface area contributed by atoms with E-state index in [1.807, 2.05) is 4.90 Å². The molecule has 168 valence electrons. The Labute approximate surface area is 188 Å². The number of sulfonamides is 1. The standard InChI is InChI=1S/C23H26N4O4S/c1-25(23-19-4-2-3-5-21(19)32(29,30)24-23)16-22(28)27-11-9-26(10-12-27)15-17-6-7-20-18(14-17)8-13-31-20/h2-7,14H,8-13,15-16H2,1H3. The SMILES string of the molecule is CN(CC(=O)N1CCN(Cc2ccc3c(c2)CCO3)CC1)C1=NS(=O)(=O)c2ccccc21. The van der Waals surface area contributed by atoms with Crippen LogP contribution in [0.3, 0.4) is 0 Å². The van der Waals surface area contributed by atoms with Crippen molar-refractivity contribution in [3.63, 3.8) is 0 Å². The highest BCUT2D eigenvalue weighted by Crippen LogP contribution is 2.28. The topological polar surface area (TPSA) is 82.5 Å². The molecule has 3 heterocycles. The van der Waals surface area contributed by atoms with Crippen LogP contribution in [-0.4, -0.2) is 81.2 Å². The number of amidine groups is 1. The Balaban J connectivity index is 1.17. The Morgan fingerprint density at radius 2 is 1.91 bits per heavy atom. The molecule has 2 aromatic rings. The van der Waals surface area contributed by atoms with Crippen molar-refractivity contribution in [1.29, 1.82) is 0 Å². The molecule has 0 saturated carbocycles. The van der Waals surface area contributed by atoms with E-state index in [9.17, 15) is 13.2 Å². The number of hydrogen-bond donors (Lipinski definition) is 0. The van der Waals surface area contributed by atoms with Crippen molar-refractivity contribution >= 4 is 21.8 Å². The summed E-state index contributed by atoms with van der Waals surface area (Å²) in [6.45, 7) is 4.64. The van der Waals surface area contributed by atoms with E-state index in [4.69, 9.17) is 4.74 Å². The number of rotatable bonds is 4. The minimum absolute atomic E-state index is 0.0219. The lowest BCUT2D eigenvalue weighted by molar-refractivity contribution is -0.133. The van der Waals surface area contributed by atoms with Crippen molar-refractivity contribution in [2.24, 2.45) is 4.40 Å². The summed E-state index contributed by atoms with van der Waals surface area (Å²) in [6, 6.07) is 13.1. The van der Waals surface area contributed by atoms with Gasteiger partial charge >= 0.3 is 0 Å². The van der Waals surface area contributed by atoms with Gasteiger partial charge in [0.15, 0.2) is 5.84 Å². The first kappa shape index (κ1) is 21.0. The van der Waals surface area contributed by atoms with E-state index >= 15 is 0 Å². The van der Waals surface area contributed by atoms with Crippen LogP contribution >= 0.6 is 0 Å². The Bertz CT molecular complexity index is 1190. The van der Waals surface area contributed by atoms with Gasteiger partial charge in [0.05, 0.1) is 13.2 Å². The van der Waals surface area contributed by atoms with Crippen molar-refractivity contribution in [2.45, 2.75) is 17.9 Å². The normalized spacial score (nSPS) is 19.2. The first-order valence-corrected chi connectivity index (χ1v) is 12.2. The lowest BCUT2D eigenvalue weighted by Gasteiger charge is -2.35. The first-order chi connectivity index (χ1) is 15.4. The van der Waals surface area contributed by atoms with Gasteiger partial charge in [-0.25, -0.2) is 0 Å². The second-order valence-electron chi connectivity index (χ2n) is 8.44. The van der Waals surface area contributed by atoms with E-state index in [0.29, 0.717) is 24.5 Å². The summed E-state index contributed by atoms with van der Waals surface area (Å²) in [6.07, 6.45) is 0.968. The van der Waals surface area contributed by atoms with Crippen molar-refractivity contribution in [1.82, 2.24) is 14.7 Å². The molecule has 0 atom stereocenters. The zero-order valence-corrected chi connectivity index (χ0v) is 18.8. The van der Waals surface area contributed by atoms with E-state index in [-0.39, 0.29) is 17.3 Å². The molecule has 1 amide bonds. The Kier molecular flexibility index (Phi) is 5.38. The molecule has 1 fully saturated rings. The van der Waals surface area contributed by atoms with Crippen molar-refractivity contribution in [3.8, 4) is 5.75 Å². The van der Waals surface area contributed by atoms with Gasteiger partial charge in [0, 0.05) is 51.8 Å². The fourth-order valence-electron chi connectivity index (χ4n) is 4.49. The molecule has 0 bridgehead atoms. The highest BCUT2D eigenvalue weighted by molar-refractivity contribution is 7.90. The predicted molar refractivity (Wildman–Crippen MR) is 120 cm³/mol. The maximum Gasteiger partial charge on any atom is 0.285 e. The molecule has 8 nitrogen and oxygen atoms in total. The van der Waals surface area contributed by atoms with Crippen molar-refractivity contribution in [3.05, 3.63) is 59.2 Å². The number of amides is 1. The van der Waals surface area contributed by atoms with Crippen LogP contribution in [0.25, 0.3) is 0 Å². The quantitative estimate of drug-likeness (QED) is 0.694. The second-order valence-corrected chi connectivity index (χ2v) is 10.0. The fraction of sp³-hybridized carbons (Fsp3) is 0.391. The highest BCUT2D eigenvalue weighted by Gasteiger charge is 2.32. The average molecular weight is 455 g/mol. The average Bonchev–Trinajstić information content (AvgIpc) is 3.36. The van der Waals surface area contributed by atoms with Crippen LogP contribution in [0.4, 0.5) is 0 Å². The van der Waals surface area contributed by atoms with Crippen LogP contribution < -0.4 is 4.74 Å². The van der Waals surface area contributed by atoms with E-state index in [1.54, 1.807) is 36.2 Å². The van der Waals surface area contributed by atoms with Gasteiger partial charge in [-0.3, -0.25) is 9.69 Å². The number of fused-ring (bicyclic) bond motifs is 2. The van der Waals surface area contributed by atoms with Crippen LogP contribution in [0.15, 0.2) is 51.8 Å². The largest absolute Gasteiger partial charge is 0.493 e. The van der Waals surface area contributed by atoms with Crippen LogP contribution in [0, 0.1) is 0 Å². The third-order valence-corrected chi connectivity index (χ3v) is 7.56. The fourth-order valence-corrected chi connectivity index (χ4v) is 5.74. The summed E-state index contributed by atoms with van der Waals surface area (Å²) in [5.74, 6) is 1.30. The van der Waals surface area contributed by atoms with Gasteiger partial charge < -0.3 is 14.5 Å². The number of nitrogens with zero attached hydrogens (tertiary/aromatic N) is 4. The van der Waals surface area contributed by atoms with Crippen LogP contribution in [0.2, 0.25) is 0 Å². The molecule has 0 spiro atoms. The molecule has 1 saturated heterocycles. The molecule has 3 aliphatic heterocycles. The van der Waals surface area contributed by atoms with Crippen LogP contribution in [0.5, 0.6) is 5.75 Å². The smallest absolute Gasteiger partial charge is 0.285 e. The molecule has 5 rings (SSSR count). The summed E-state index contributed by atoms with van der Waals surface area (Å²) in [5, 5.41) is 0. The molecule has 0 aromatic heterocycles. The molecular weight excluding hydrogens is 428 g/mol. The Morgan fingerprint density at radius 1 is 1.12 bits per heavy atom. The first-order valence-electron chi connectivity index (χ1n) is 10.8. The lowest BCUT2D eigenvalue weighted by atomic mass is 10.1. The van der Waals surface area contributed by atoms with Gasteiger partial charge in [-0.1, -0.05) is 24.3 Å². The third kappa shape index (κ3) is 3.98. The maximum atomic E-state index is 12.9. The van der Waals surface area contributed by atoms with Gasteiger partial charge in [0.1, 0.15) is 10.6 Å². The van der Waals surface area contributed by atoms with Gasteiger partial charge in [-0.05, 0) is 29.3 Å². The number of carbonyl (C=O) groups is 1. The summed E-state index contributed by atoms with van der Waals surface area (Å²) in [5.41, 5.74) is 3.10. The molecule has 3 aliphatic rings. The second kappa shape index (κ2) is 8.22. The Hall–Kier alpha value is -2.91. The number of piperazine rings is 1. The maximum absolute atomic E-state index is 12.9. The molecule has 2 aromatic carbocycles. The minimum atomic E-state index is -3.69. The molecular formula is C23H26N4O4S. The number of hydrogen-bond acceptors (Lipinski definition) is 6. The van der Waals surface area contributed by atoms with E-state index in [0.717, 1.165) is 38.4 Å². The van der Waals surface area contributed by atoms with Crippen LogP contribution in [0.1, 0.15) is 16.7 Å². The monoisotopic (exact) mass is 454 g/mol. The van der Waals surface area contributed by atoms with Gasteiger partial charge in [0.2, 0.25) is 5.91 Å². The third-order valence-electron chi connectivity index (χ3n) is 6.23. The summed E-state index contributed by atoms with van der Waals surface area (Å²) in [7, 11) is -1.98. The van der Waals surface area contributed by atoms with Crippen LogP contribution in [-0.2, 0) is 27.8 Å². The number of benzene rings is 2. The summed E-state index contributed by atoms with van der Waals surface area (Å²) < 4.78 is 34.0. The van der Waals surface area contributed by atoms with Crippen molar-refractivity contribution in [2.75, 3.05) is 46.4 Å². The molecule has 0 N–H and O–H groups in total. The van der Waals surface area contributed by atoms with Crippen molar-refractivity contribution < 1.29 is 17.9 Å². The number of carbonyl (C=O) groups excluding carboxylic acids is 1. The van der Waals surface area contributed by atoms with E-state index in [2.05, 4.69) is 27.5 Å². The molecule has 0 aliphatic carbocycles. The summed E-state index contributed by atoms with van der Waals surface area (Å²) in [4.78, 5) is 18.9. The molecule has 32 heavy (non-hydrogen) atoms. The zero-order chi connectivity index (χ0) is 22.3. The molecule has 0 unspecified atom stereocenters. The molecule has 0 radical (unpaired) electrons. The number of likely N-dealkylation sites (N-methyl/N-ethyl adjacent to an activating group) is 1. The number of ether oxygens (including phenoxy) is 1. The van der Waals surface area contributed by atoms with Gasteiger partial charge in [0.25, 0.3) is 10.0 Å². The van der Waals surface area contributed by atoms with E-state index in [1.165, 1.54) is 11.1 Å². The van der Waals surface area contributed by atoms with Gasteiger partial charge in [-0.2, -0.15) is 8.42 Å². The summed E-state index contributed by atoms with van der Waals surface area (Å²) >= 11 is 0. The van der Waals surface area contributed by atoms with Gasteiger partial charge in [-0.15, -0.1) is 4.40 Å². The minimum Gasteiger partial charge on any atom is -0.493 e. The van der Waals surface area contributed by atoms with E-state index < -0.39 is 10.0 Å². The Morgan fingerprint density at radius 3 is 2.72 bits per heavy atom.